The molecule has 0 spiro atoms. The lowest BCUT2D eigenvalue weighted by Crippen LogP contribution is -2.10. The highest BCUT2D eigenvalue weighted by Gasteiger charge is 2.07. The zero-order valence-electron chi connectivity index (χ0n) is 11.3. The molecule has 3 nitrogen and oxygen atoms in total. The van der Waals surface area contributed by atoms with E-state index in [0.29, 0.717) is 12.8 Å². The van der Waals surface area contributed by atoms with Crippen molar-refractivity contribution in [3.05, 3.63) is 0 Å². The van der Waals surface area contributed by atoms with Crippen LogP contribution < -0.4 is 0 Å². The number of hydrogen-bond donors (Lipinski definition) is 1. The molecule has 0 rings (SSSR count). The molecule has 17 heavy (non-hydrogen) atoms. The molecule has 0 radical (unpaired) electrons. The van der Waals surface area contributed by atoms with E-state index in [1.807, 2.05) is 0 Å². The number of rotatable bonds is 11. The van der Waals surface area contributed by atoms with Gasteiger partial charge in [-0.2, -0.15) is 0 Å². The summed E-state index contributed by atoms with van der Waals surface area (Å²) in [5, 5.41) is 9.65. The summed E-state index contributed by atoms with van der Waals surface area (Å²) in [5.41, 5.74) is 0. The van der Waals surface area contributed by atoms with Crippen molar-refractivity contribution in [1.29, 1.82) is 0 Å². The smallest absolute Gasteiger partial charge is 0.147 e. The second kappa shape index (κ2) is 9.89. The molecule has 0 aromatic heterocycles. The second-order valence-electron chi connectivity index (χ2n) is 4.98. The first-order valence-corrected chi connectivity index (χ1v) is 8.87. The molecule has 0 fully saturated rings. The molecular weight excluding hydrogens is 236 g/mol. The Kier molecular flexibility index (Phi) is 9.84. The van der Waals surface area contributed by atoms with Gasteiger partial charge in [0.2, 0.25) is 0 Å². The Morgan fingerprint density at radius 1 is 0.941 bits per heavy atom. The van der Waals surface area contributed by atoms with Crippen LogP contribution in [0.15, 0.2) is 0 Å². The quantitative estimate of drug-likeness (QED) is 0.584. The lowest BCUT2D eigenvalue weighted by atomic mass is 10.0. The van der Waals surface area contributed by atoms with Crippen molar-refractivity contribution >= 4 is 9.84 Å². The van der Waals surface area contributed by atoms with E-state index >= 15 is 0 Å². The van der Waals surface area contributed by atoms with Gasteiger partial charge in [0.05, 0.1) is 6.10 Å². The summed E-state index contributed by atoms with van der Waals surface area (Å²) in [6.07, 6.45) is 10.3. The van der Waals surface area contributed by atoms with Crippen molar-refractivity contribution in [2.75, 3.05) is 12.0 Å². The molecule has 0 saturated carbocycles. The minimum atomic E-state index is -2.87. The lowest BCUT2D eigenvalue weighted by molar-refractivity contribution is 0.150. The first kappa shape index (κ1) is 16.9. The van der Waals surface area contributed by atoms with Gasteiger partial charge in [0, 0.05) is 12.0 Å². The molecule has 0 aliphatic carbocycles. The Balaban J connectivity index is 3.32. The van der Waals surface area contributed by atoms with Gasteiger partial charge in [-0.15, -0.1) is 0 Å². The highest BCUT2D eigenvalue weighted by Crippen LogP contribution is 2.11. The monoisotopic (exact) mass is 264 g/mol. The van der Waals surface area contributed by atoms with Crippen LogP contribution in [0, 0.1) is 0 Å². The third-order valence-corrected chi connectivity index (χ3v) is 3.97. The van der Waals surface area contributed by atoms with Crippen LogP contribution in [0.2, 0.25) is 0 Å². The van der Waals surface area contributed by atoms with Crippen LogP contribution in [0.5, 0.6) is 0 Å². The molecule has 4 heteroatoms. The highest BCUT2D eigenvalue weighted by atomic mass is 32.2. The Morgan fingerprint density at radius 3 is 2.06 bits per heavy atom. The average Bonchev–Trinajstić information content (AvgIpc) is 2.21. The van der Waals surface area contributed by atoms with Crippen LogP contribution >= 0.6 is 0 Å². The first-order valence-electron chi connectivity index (χ1n) is 6.81. The molecule has 1 atom stereocenters. The minimum Gasteiger partial charge on any atom is -0.393 e. The van der Waals surface area contributed by atoms with Crippen LogP contribution in [-0.2, 0) is 9.84 Å². The molecule has 1 unspecified atom stereocenters. The highest BCUT2D eigenvalue weighted by molar-refractivity contribution is 7.90. The minimum absolute atomic E-state index is 0.195. The van der Waals surface area contributed by atoms with Crippen molar-refractivity contribution in [3.63, 3.8) is 0 Å². The van der Waals surface area contributed by atoms with Crippen LogP contribution in [0.4, 0.5) is 0 Å². The van der Waals surface area contributed by atoms with Gasteiger partial charge in [0.15, 0.2) is 0 Å². The van der Waals surface area contributed by atoms with Crippen molar-refractivity contribution < 1.29 is 13.5 Å². The molecule has 0 saturated heterocycles. The maximum absolute atomic E-state index is 10.9. The maximum Gasteiger partial charge on any atom is 0.147 e. The average molecular weight is 264 g/mol. The van der Waals surface area contributed by atoms with Gasteiger partial charge in [-0.1, -0.05) is 45.4 Å². The van der Waals surface area contributed by atoms with Gasteiger partial charge in [0.25, 0.3) is 0 Å². The van der Waals surface area contributed by atoms with Crippen molar-refractivity contribution in [3.8, 4) is 0 Å². The zero-order valence-corrected chi connectivity index (χ0v) is 12.1. The molecule has 0 aliphatic rings. The number of hydrogen-bond acceptors (Lipinski definition) is 3. The molecule has 0 bridgehead atoms. The summed E-state index contributed by atoms with van der Waals surface area (Å²) in [5.74, 6) is 0.195. The molecule has 0 aromatic carbocycles. The third-order valence-electron chi connectivity index (χ3n) is 2.94. The summed E-state index contributed by atoms with van der Waals surface area (Å²) >= 11 is 0. The van der Waals surface area contributed by atoms with E-state index in [0.717, 1.165) is 12.8 Å². The SMILES string of the molecule is CCCCCCCCC(O)CCCS(C)(=O)=O. The van der Waals surface area contributed by atoms with E-state index in [4.69, 9.17) is 0 Å². The molecule has 0 aromatic rings. The fourth-order valence-electron chi connectivity index (χ4n) is 1.89. The normalized spacial score (nSPS) is 13.8. The van der Waals surface area contributed by atoms with Gasteiger partial charge < -0.3 is 5.11 Å². The Hall–Kier alpha value is -0.0900. The maximum atomic E-state index is 10.9. The summed E-state index contributed by atoms with van der Waals surface area (Å²) in [6.45, 7) is 2.20. The van der Waals surface area contributed by atoms with E-state index in [9.17, 15) is 13.5 Å². The molecular formula is C13H28O3S. The standard InChI is InChI=1S/C13H28O3S/c1-3-4-5-6-7-8-10-13(14)11-9-12-17(2,15)16/h13-14H,3-12H2,1-2H3. The van der Waals surface area contributed by atoms with Crippen molar-refractivity contribution in [2.45, 2.75) is 70.8 Å². The van der Waals surface area contributed by atoms with E-state index < -0.39 is 9.84 Å². The van der Waals surface area contributed by atoms with Crippen LogP contribution in [0.3, 0.4) is 0 Å². The zero-order chi connectivity index (χ0) is 13.1. The fraction of sp³-hybridized carbons (Fsp3) is 1.00. The van der Waals surface area contributed by atoms with Gasteiger partial charge in [-0.05, 0) is 19.3 Å². The van der Waals surface area contributed by atoms with Crippen LogP contribution in [-0.4, -0.2) is 31.6 Å². The predicted molar refractivity (Wildman–Crippen MR) is 72.9 cm³/mol. The van der Waals surface area contributed by atoms with Crippen LogP contribution in [0.25, 0.3) is 0 Å². The van der Waals surface area contributed by atoms with Crippen molar-refractivity contribution in [1.82, 2.24) is 0 Å². The lowest BCUT2D eigenvalue weighted by Gasteiger charge is -2.09. The molecule has 104 valence electrons. The first-order chi connectivity index (χ1) is 7.95. The Morgan fingerprint density at radius 2 is 1.47 bits per heavy atom. The van der Waals surface area contributed by atoms with Gasteiger partial charge in [-0.25, -0.2) is 8.42 Å². The molecule has 0 heterocycles. The molecule has 1 N–H and O–H groups in total. The molecule has 0 amide bonds. The largest absolute Gasteiger partial charge is 0.393 e. The summed E-state index contributed by atoms with van der Waals surface area (Å²) < 4.78 is 21.8. The number of unbranched alkanes of at least 4 members (excludes halogenated alkanes) is 5. The number of aliphatic hydroxyl groups is 1. The summed E-state index contributed by atoms with van der Waals surface area (Å²) in [7, 11) is -2.87. The number of aliphatic hydroxyl groups excluding tert-OH is 1. The van der Waals surface area contributed by atoms with E-state index in [-0.39, 0.29) is 11.9 Å². The van der Waals surface area contributed by atoms with Crippen LogP contribution in [0.1, 0.15) is 64.7 Å². The van der Waals surface area contributed by atoms with E-state index in [1.54, 1.807) is 0 Å². The van der Waals surface area contributed by atoms with Gasteiger partial charge in [0.1, 0.15) is 9.84 Å². The third kappa shape index (κ3) is 13.8. The molecule has 0 aliphatic heterocycles. The second-order valence-corrected chi connectivity index (χ2v) is 7.24. The predicted octanol–water partition coefficient (Wildman–Crippen LogP) is 2.92. The Bertz CT molecular complexity index is 260. The summed E-state index contributed by atoms with van der Waals surface area (Å²) in [6, 6.07) is 0. The van der Waals surface area contributed by atoms with Gasteiger partial charge in [-0.3, -0.25) is 0 Å². The topological polar surface area (TPSA) is 54.4 Å². The van der Waals surface area contributed by atoms with E-state index in [2.05, 4.69) is 6.92 Å². The van der Waals surface area contributed by atoms with Gasteiger partial charge >= 0.3 is 0 Å². The number of sulfone groups is 1. The Labute approximate surface area is 107 Å². The summed E-state index contributed by atoms with van der Waals surface area (Å²) in [4.78, 5) is 0. The fourth-order valence-corrected chi connectivity index (χ4v) is 2.58. The van der Waals surface area contributed by atoms with Crippen molar-refractivity contribution in [2.24, 2.45) is 0 Å². The van der Waals surface area contributed by atoms with E-state index in [1.165, 1.54) is 38.4 Å².